The van der Waals surface area contributed by atoms with Gasteiger partial charge in [0.05, 0.1) is 11.8 Å². The van der Waals surface area contributed by atoms with E-state index in [2.05, 4.69) is 12.0 Å². The van der Waals surface area contributed by atoms with E-state index in [1.165, 1.54) is 0 Å². The predicted molar refractivity (Wildman–Crippen MR) is 139 cm³/mol. The van der Waals surface area contributed by atoms with E-state index in [1.807, 2.05) is 13.1 Å². The summed E-state index contributed by atoms with van der Waals surface area (Å²) in [5.41, 5.74) is -3.03. The molecule has 6 aliphatic rings. The molecular formula is C30H40F2N2O6. The van der Waals surface area contributed by atoms with Crippen LogP contribution in [-0.4, -0.2) is 70.2 Å². The number of nitrogens with zero attached hydrogens (tertiary/aromatic N) is 2. The van der Waals surface area contributed by atoms with Gasteiger partial charge in [-0.05, 0) is 68.1 Å². The van der Waals surface area contributed by atoms with Crippen molar-refractivity contribution in [2.24, 2.45) is 28.6 Å². The molecule has 1 aromatic rings. The molecule has 0 radical (unpaired) electrons. The third kappa shape index (κ3) is 3.12. The van der Waals surface area contributed by atoms with Gasteiger partial charge in [-0.15, -0.1) is 0 Å². The van der Waals surface area contributed by atoms with Crippen molar-refractivity contribution < 1.29 is 37.6 Å². The van der Waals surface area contributed by atoms with Gasteiger partial charge in [-0.25, -0.2) is 8.78 Å². The minimum Gasteiger partial charge on any atom is -0.390 e. The van der Waals surface area contributed by atoms with Crippen LogP contribution in [0.1, 0.15) is 71.1 Å². The number of aromatic nitrogens is 2. The number of fused-ring (bicyclic) bond motifs is 8. The Hall–Kier alpha value is -1.72. The van der Waals surface area contributed by atoms with Crippen LogP contribution >= 0.6 is 0 Å². The van der Waals surface area contributed by atoms with Gasteiger partial charge in [-0.3, -0.25) is 4.68 Å². The molecule has 7 rings (SSSR count). The van der Waals surface area contributed by atoms with Crippen LogP contribution in [0, 0.1) is 28.6 Å². The average molecular weight is 563 g/mol. The Morgan fingerprint density at radius 3 is 2.70 bits per heavy atom. The number of carbonyl (C=O) groups excluding carboxylic acids is 1. The number of aliphatic hydroxyl groups is 1. The summed E-state index contributed by atoms with van der Waals surface area (Å²) < 4.78 is 60.3. The summed E-state index contributed by atoms with van der Waals surface area (Å²) >= 11 is 0. The van der Waals surface area contributed by atoms with Gasteiger partial charge in [-0.1, -0.05) is 20.8 Å². The maximum atomic E-state index is 18.0. The van der Waals surface area contributed by atoms with Crippen molar-refractivity contribution in [3.05, 3.63) is 23.0 Å². The molecule has 0 amide bonds. The molecule has 1 unspecified atom stereocenters. The molecule has 2 aliphatic heterocycles. The van der Waals surface area contributed by atoms with E-state index in [-0.39, 0.29) is 57.1 Å². The molecule has 2 saturated heterocycles. The second kappa shape index (κ2) is 8.66. The highest BCUT2D eigenvalue weighted by atomic mass is 19.1. The monoisotopic (exact) mass is 562 g/mol. The number of aryl methyl sites for hydroxylation is 1. The first kappa shape index (κ1) is 27.1. The van der Waals surface area contributed by atoms with Gasteiger partial charge in [0, 0.05) is 35.9 Å². The van der Waals surface area contributed by atoms with E-state index in [4.69, 9.17) is 18.9 Å². The van der Waals surface area contributed by atoms with Crippen molar-refractivity contribution in [1.29, 1.82) is 0 Å². The van der Waals surface area contributed by atoms with Gasteiger partial charge >= 0.3 is 0 Å². The van der Waals surface area contributed by atoms with E-state index >= 15 is 8.78 Å². The molecule has 2 spiro atoms. The fourth-order valence-corrected chi connectivity index (χ4v) is 10.2. The summed E-state index contributed by atoms with van der Waals surface area (Å²) in [7, 11) is 0. The van der Waals surface area contributed by atoms with Crippen molar-refractivity contribution >= 4 is 11.9 Å². The molecule has 1 aromatic heterocycles. The molecule has 1 N–H and O–H groups in total. The van der Waals surface area contributed by atoms with Crippen molar-refractivity contribution in [1.82, 2.24) is 9.78 Å². The minimum atomic E-state index is -2.04. The third-order valence-electron chi connectivity index (χ3n) is 11.8. The van der Waals surface area contributed by atoms with Crippen molar-refractivity contribution in [3.8, 4) is 0 Å². The van der Waals surface area contributed by atoms with E-state index in [1.54, 1.807) is 24.6 Å². The van der Waals surface area contributed by atoms with E-state index in [9.17, 15) is 9.90 Å². The maximum absolute atomic E-state index is 18.0. The molecule has 0 bridgehead atoms. The third-order valence-corrected chi connectivity index (χ3v) is 11.8. The SMILES string of the molecule is CC(=O)CCCn1cc2c(n1)C=C1[C@@H](F)C[C@H]3[C@@H]4C[C@H](C)[C@@]5(OCOC56COCO6)[C@@]4(C)C[C@H](O)[C@]3(F)[C@@]1(C)C2. The number of alkyl halides is 2. The number of halogens is 2. The molecule has 40 heavy (non-hydrogen) atoms. The molecule has 5 fully saturated rings. The lowest BCUT2D eigenvalue weighted by molar-refractivity contribution is -0.281. The Bertz CT molecular complexity index is 1260. The van der Waals surface area contributed by atoms with Crippen LogP contribution in [0.3, 0.4) is 0 Å². The fourth-order valence-electron chi connectivity index (χ4n) is 10.2. The summed E-state index contributed by atoms with van der Waals surface area (Å²) in [5, 5.41) is 16.5. The standard InChI is InChI=1S/C30H40F2N2O6/c1-17-8-20-21-9-23(31)22-10-24-19(13-34(33-24)7-5-6-18(2)35)11-26(22,3)29(21,32)25(36)12-27(20,4)30(17)28(39-16-40-30)14-37-15-38-28/h10,13,17,20-21,23,25,36H,5-9,11-12,14-16H2,1-4H3/t17-,20-,21-,23-,25-,26-,27-,28?,29-,30+/m0/s1. The Morgan fingerprint density at radius 1 is 1.20 bits per heavy atom. The van der Waals surface area contributed by atoms with Crippen LogP contribution in [0.15, 0.2) is 11.8 Å². The Labute approximate surface area is 233 Å². The smallest absolute Gasteiger partial charge is 0.227 e. The van der Waals surface area contributed by atoms with Gasteiger partial charge in [0.1, 0.15) is 29.8 Å². The summed E-state index contributed by atoms with van der Waals surface area (Å²) in [6.07, 6.45) is 3.08. The number of ketones is 1. The zero-order valence-electron chi connectivity index (χ0n) is 23.8. The largest absolute Gasteiger partial charge is 0.390 e. The molecule has 3 saturated carbocycles. The number of aliphatic hydroxyl groups excluding tert-OH is 1. The number of allylic oxidation sites excluding steroid dienone is 1. The van der Waals surface area contributed by atoms with Gasteiger partial charge in [0.25, 0.3) is 0 Å². The molecule has 0 aromatic carbocycles. The normalized spacial score (nSPS) is 49.1. The van der Waals surface area contributed by atoms with Gasteiger partial charge in [-0.2, -0.15) is 5.10 Å². The molecule has 220 valence electrons. The highest BCUT2D eigenvalue weighted by molar-refractivity contribution is 5.75. The summed E-state index contributed by atoms with van der Waals surface area (Å²) in [5.74, 6) is -2.03. The molecule has 10 heteroatoms. The summed E-state index contributed by atoms with van der Waals surface area (Å²) in [6.45, 7) is 8.37. The van der Waals surface area contributed by atoms with Crippen LogP contribution in [0.5, 0.6) is 0 Å². The lowest BCUT2D eigenvalue weighted by Crippen LogP contribution is -2.73. The van der Waals surface area contributed by atoms with E-state index in [0.29, 0.717) is 37.1 Å². The number of carbonyl (C=O) groups is 1. The van der Waals surface area contributed by atoms with Crippen molar-refractivity contribution in [2.45, 2.75) is 102 Å². The molecular weight excluding hydrogens is 522 g/mol. The topological polar surface area (TPSA) is 92.0 Å². The zero-order chi connectivity index (χ0) is 28.3. The Balaban J connectivity index is 1.26. The van der Waals surface area contributed by atoms with Crippen LogP contribution in [0.4, 0.5) is 8.78 Å². The lowest BCUT2D eigenvalue weighted by Gasteiger charge is -2.64. The lowest BCUT2D eigenvalue weighted by atomic mass is 9.43. The first-order valence-corrected chi connectivity index (χ1v) is 14.7. The first-order chi connectivity index (χ1) is 18.9. The van der Waals surface area contributed by atoms with Crippen molar-refractivity contribution in [3.63, 3.8) is 0 Å². The number of hydrogen-bond donors (Lipinski definition) is 1. The van der Waals surface area contributed by atoms with E-state index in [0.717, 1.165) is 5.56 Å². The maximum Gasteiger partial charge on any atom is 0.227 e. The van der Waals surface area contributed by atoms with Crippen LogP contribution in [-0.2, 0) is 36.7 Å². The predicted octanol–water partition coefficient (Wildman–Crippen LogP) is 4.14. The van der Waals surface area contributed by atoms with E-state index < -0.39 is 46.1 Å². The number of hydrogen-bond acceptors (Lipinski definition) is 7. The Kier molecular flexibility index (Phi) is 5.87. The number of Topliss-reactive ketones (excluding diaryl/α,β-unsaturated/α-hetero) is 1. The molecule has 3 heterocycles. The van der Waals surface area contributed by atoms with Gasteiger partial charge < -0.3 is 28.8 Å². The zero-order valence-corrected chi connectivity index (χ0v) is 23.8. The first-order valence-electron chi connectivity index (χ1n) is 14.7. The second-order valence-corrected chi connectivity index (χ2v) is 13.7. The molecule has 4 aliphatic carbocycles. The second-order valence-electron chi connectivity index (χ2n) is 13.7. The quantitative estimate of drug-likeness (QED) is 0.590. The summed E-state index contributed by atoms with van der Waals surface area (Å²) in [4.78, 5) is 11.4. The highest BCUT2D eigenvalue weighted by Crippen LogP contribution is 2.74. The number of ether oxygens (including phenoxy) is 4. The minimum absolute atomic E-state index is 0.00208. The average Bonchev–Trinajstić information content (AvgIpc) is 3.65. The van der Waals surface area contributed by atoms with Gasteiger partial charge in [0.2, 0.25) is 5.79 Å². The van der Waals surface area contributed by atoms with Crippen LogP contribution in [0.25, 0.3) is 6.08 Å². The van der Waals surface area contributed by atoms with Crippen molar-refractivity contribution in [2.75, 3.05) is 20.2 Å². The van der Waals surface area contributed by atoms with Gasteiger partial charge in [0.15, 0.2) is 13.6 Å². The van der Waals surface area contributed by atoms with Crippen LogP contribution in [0.2, 0.25) is 0 Å². The summed E-state index contributed by atoms with van der Waals surface area (Å²) in [6, 6.07) is 0. The molecule has 10 atom stereocenters. The van der Waals surface area contributed by atoms with Crippen LogP contribution < -0.4 is 0 Å². The number of rotatable bonds is 4. The Morgan fingerprint density at radius 2 is 1.98 bits per heavy atom. The highest BCUT2D eigenvalue weighted by Gasteiger charge is 2.82. The fraction of sp³-hybridized carbons (Fsp3) is 0.800. The molecule has 8 nitrogen and oxygen atoms in total.